The fraction of sp³-hybridized carbons (Fsp3) is 0.308. The van der Waals surface area contributed by atoms with Gasteiger partial charge in [0.05, 0.1) is 17.5 Å². The highest BCUT2D eigenvalue weighted by atomic mass is 32.2. The minimum absolute atomic E-state index is 0.199. The Labute approximate surface area is 135 Å². The number of nitrogens with one attached hydrogen (secondary N) is 3. The van der Waals surface area contributed by atoms with Crippen LogP contribution in [0.5, 0.6) is 0 Å². The molecule has 8 nitrogen and oxygen atoms in total. The van der Waals surface area contributed by atoms with E-state index in [0.717, 1.165) is 17.8 Å². The average Bonchev–Trinajstić information content (AvgIpc) is 2.49. The number of carbonyl (C=O) groups is 3. The Morgan fingerprint density at radius 2 is 2.09 bits per heavy atom. The Morgan fingerprint density at radius 3 is 2.70 bits per heavy atom. The number of amides is 2. The van der Waals surface area contributed by atoms with E-state index in [9.17, 15) is 18.8 Å². The molecule has 1 aromatic carbocycles. The highest BCUT2D eigenvalue weighted by Crippen LogP contribution is 2.12. The molecule has 3 atom stereocenters. The molecule has 1 aliphatic rings. The smallest absolute Gasteiger partial charge is 0.313 e. The molecular formula is C13H15FN4O4S. The van der Waals surface area contributed by atoms with Crippen molar-refractivity contribution in [2.45, 2.75) is 17.7 Å². The molecule has 1 fully saturated rings. The number of carboxylic acids is 1. The molecule has 23 heavy (non-hydrogen) atoms. The minimum atomic E-state index is -1.11. The van der Waals surface area contributed by atoms with Crippen LogP contribution in [0, 0.1) is 5.82 Å². The van der Waals surface area contributed by atoms with Crippen LogP contribution < -0.4 is 21.7 Å². The maximum atomic E-state index is 13.6. The van der Waals surface area contributed by atoms with Crippen molar-refractivity contribution in [2.24, 2.45) is 5.73 Å². The summed E-state index contributed by atoms with van der Waals surface area (Å²) in [6, 6.07) is 4.25. The number of halogens is 1. The van der Waals surface area contributed by atoms with Crippen LogP contribution in [0.2, 0.25) is 0 Å². The first kappa shape index (κ1) is 17.2. The number of hydrogen-bond donors (Lipinski definition) is 5. The summed E-state index contributed by atoms with van der Waals surface area (Å²) in [7, 11) is 0. The van der Waals surface area contributed by atoms with Crippen LogP contribution in [0.4, 0.5) is 4.39 Å². The third-order valence-corrected chi connectivity index (χ3v) is 4.04. The Morgan fingerprint density at radius 1 is 1.39 bits per heavy atom. The monoisotopic (exact) mass is 342 g/mol. The summed E-state index contributed by atoms with van der Waals surface area (Å²) in [6.45, 7) is 0. The summed E-state index contributed by atoms with van der Waals surface area (Å²) in [5.74, 6) is -3.31. The van der Waals surface area contributed by atoms with Crippen molar-refractivity contribution in [1.29, 1.82) is 0 Å². The van der Waals surface area contributed by atoms with E-state index in [1.54, 1.807) is 0 Å². The predicted molar refractivity (Wildman–Crippen MR) is 80.8 cm³/mol. The minimum Gasteiger partial charge on any atom is -0.481 e. The van der Waals surface area contributed by atoms with Crippen LogP contribution >= 0.6 is 11.8 Å². The molecule has 10 heteroatoms. The third-order valence-electron chi connectivity index (χ3n) is 3.04. The fourth-order valence-corrected chi connectivity index (χ4v) is 2.72. The molecule has 0 aromatic heterocycles. The molecule has 2 rings (SSSR count). The average molecular weight is 342 g/mol. The van der Waals surface area contributed by atoms with Gasteiger partial charge in [-0.25, -0.2) is 4.39 Å². The normalized spacial score (nSPS) is 23.9. The second kappa shape index (κ2) is 7.40. The Bertz CT molecular complexity index is 630. The van der Waals surface area contributed by atoms with E-state index in [0.29, 0.717) is 0 Å². The fourth-order valence-electron chi connectivity index (χ4n) is 1.96. The molecule has 1 saturated heterocycles. The molecule has 0 spiro atoms. The number of carboxylic acid groups (broad SMARTS) is 1. The maximum absolute atomic E-state index is 13.6. The molecular weight excluding hydrogens is 327 g/mol. The lowest BCUT2D eigenvalue weighted by Crippen LogP contribution is -2.70. The summed E-state index contributed by atoms with van der Waals surface area (Å²) in [5.41, 5.74) is 4.91. The van der Waals surface area contributed by atoms with E-state index in [4.69, 9.17) is 10.8 Å². The first-order valence-electron chi connectivity index (χ1n) is 6.59. The summed E-state index contributed by atoms with van der Waals surface area (Å²) < 4.78 is 13.6. The molecule has 3 unspecified atom stereocenters. The molecule has 0 aliphatic carbocycles. The molecule has 1 heterocycles. The predicted octanol–water partition coefficient (Wildman–Crippen LogP) is -0.970. The molecule has 1 aliphatic heterocycles. The van der Waals surface area contributed by atoms with Crippen molar-refractivity contribution in [1.82, 2.24) is 16.0 Å². The Kier molecular flexibility index (Phi) is 5.53. The van der Waals surface area contributed by atoms with Crippen molar-refractivity contribution >= 4 is 29.5 Å². The highest BCUT2D eigenvalue weighted by Gasteiger charge is 2.35. The van der Waals surface area contributed by atoms with E-state index in [1.807, 2.05) is 0 Å². The topological polar surface area (TPSA) is 134 Å². The van der Waals surface area contributed by atoms with Crippen molar-refractivity contribution in [3.05, 3.63) is 35.6 Å². The van der Waals surface area contributed by atoms with Crippen LogP contribution in [0.15, 0.2) is 24.3 Å². The standard InChI is InChI=1S/C13H15FN4O4S/c14-7-4-2-1-3-6(7)11(21)16-9-10(15)17-13(18-12(9)22)23-5-8(19)20/h1-4,9-10,13,17H,5,15H2,(H,16,21)(H,18,22)(H,19,20). The molecule has 2 amide bonds. The van der Waals surface area contributed by atoms with E-state index in [2.05, 4.69) is 16.0 Å². The Hall–Kier alpha value is -2.17. The van der Waals surface area contributed by atoms with Crippen LogP contribution in [-0.4, -0.2) is 46.3 Å². The van der Waals surface area contributed by atoms with Gasteiger partial charge in [-0.05, 0) is 12.1 Å². The lowest BCUT2D eigenvalue weighted by molar-refractivity contribution is -0.134. The van der Waals surface area contributed by atoms with E-state index >= 15 is 0 Å². The number of thioether (sulfide) groups is 1. The number of nitrogens with two attached hydrogens (primary N) is 1. The zero-order valence-electron chi connectivity index (χ0n) is 11.8. The number of hydrogen-bond acceptors (Lipinski definition) is 6. The van der Waals surface area contributed by atoms with Gasteiger partial charge in [0.1, 0.15) is 17.4 Å². The Balaban J connectivity index is 1.99. The van der Waals surface area contributed by atoms with Gasteiger partial charge in [0.2, 0.25) is 5.91 Å². The van der Waals surface area contributed by atoms with Gasteiger partial charge in [0, 0.05) is 0 Å². The van der Waals surface area contributed by atoms with Gasteiger partial charge in [-0.1, -0.05) is 12.1 Å². The summed E-state index contributed by atoms with van der Waals surface area (Å²) >= 11 is 0.937. The zero-order valence-corrected chi connectivity index (χ0v) is 12.6. The SMILES string of the molecule is NC1NC(SCC(=O)O)NC(=O)C1NC(=O)c1ccccc1F. The van der Waals surface area contributed by atoms with E-state index in [-0.39, 0.29) is 11.3 Å². The van der Waals surface area contributed by atoms with Crippen LogP contribution in [-0.2, 0) is 9.59 Å². The lowest BCUT2D eigenvalue weighted by Gasteiger charge is -2.35. The van der Waals surface area contributed by atoms with Crippen molar-refractivity contribution in [3.8, 4) is 0 Å². The summed E-state index contributed by atoms with van der Waals surface area (Å²) in [4.78, 5) is 34.6. The van der Waals surface area contributed by atoms with Crippen molar-refractivity contribution in [3.63, 3.8) is 0 Å². The van der Waals surface area contributed by atoms with E-state index < -0.39 is 41.3 Å². The van der Waals surface area contributed by atoms with E-state index in [1.165, 1.54) is 18.2 Å². The van der Waals surface area contributed by atoms with Gasteiger partial charge in [-0.3, -0.25) is 19.7 Å². The zero-order chi connectivity index (χ0) is 17.0. The van der Waals surface area contributed by atoms with Gasteiger partial charge in [-0.15, -0.1) is 11.8 Å². The lowest BCUT2D eigenvalue weighted by atomic mass is 10.1. The van der Waals surface area contributed by atoms with Crippen LogP contribution in [0.25, 0.3) is 0 Å². The highest BCUT2D eigenvalue weighted by molar-refractivity contribution is 8.00. The molecule has 0 saturated carbocycles. The molecule has 0 radical (unpaired) electrons. The first-order chi connectivity index (χ1) is 10.9. The quantitative estimate of drug-likeness (QED) is 0.465. The van der Waals surface area contributed by atoms with Crippen LogP contribution in [0.1, 0.15) is 10.4 Å². The number of benzene rings is 1. The van der Waals surface area contributed by atoms with Gasteiger partial charge < -0.3 is 21.5 Å². The van der Waals surface area contributed by atoms with Crippen molar-refractivity contribution < 1.29 is 23.9 Å². The molecule has 6 N–H and O–H groups in total. The van der Waals surface area contributed by atoms with Crippen LogP contribution in [0.3, 0.4) is 0 Å². The third kappa shape index (κ3) is 4.41. The van der Waals surface area contributed by atoms with Gasteiger partial charge in [0.15, 0.2) is 0 Å². The number of aliphatic carboxylic acids is 1. The molecule has 1 aromatic rings. The first-order valence-corrected chi connectivity index (χ1v) is 7.64. The van der Waals surface area contributed by atoms with Gasteiger partial charge in [-0.2, -0.15) is 0 Å². The maximum Gasteiger partial charge on any atom is 0.313 e. The van der Waals surface area contributed by atoms with Crippen molar-refractivity contribution in [2.75, 3.05) is 5.75 Å². The largest absolute Gasteiger partial charge is 0.481 e. The van der Waals surface area contributed by atoms with Gasteiger partial charge >= 0.3 is 5.97 Å². The molecule has 0 bridgehead atoms. The summed E-state index contributed by atoms with van der Waals surface area (Å²) in [6.07, 6.45) is -0.939. The number of carbonyl (C=O) groups excluding carboxylic acids is 2. The number of rotatable bonds is 5. The second-order valence-corrected chi connectivity index (χ2v) is 5.81. The van der Waals surface area contributed by atoms with Gasteiger partial charge in [0.25, 0.3) is 5.91 Å². The summed E-state index contributed by atoms with van der Waals surface area (Å²) in [5, 5.41) is 16.2. The molecule has 124 valence electrons. The second-order valence-electron chi connectivity index (χ2n) is 4.72.